The third-order valence-corrected chi connectivity index (χ3v) is 4.66. The number of benzene rings is 1. The Bertz CT molecular complexity index is 730. The minimum Gasteiger partial charge on any atom is -0.478 e. The molecule has 1 fully saturated rings. The average molecular weight is 325 g/mol. The monoisotopic (exact) mass is 325 g/mol. The van der Waals surface area contributed by atoms with Crippen LogP contribution in [0.2, 0.25) is 0 Å². The topological polar surface area (TPSA) is 66.3 Å². The van der Waals surface area contributed by atoms with E-state index in [-0.39, 0.29) is 5.56 Å². The zero-order chi connectivity index (χ0) is 17.1. The summed E-state index contributed by atoms with van der Waals surface area (Å²) < 4.78 is 0. The van der Waals surface area contributed by atoms with Gasteiger partial charge in [0.2, 0.25) is 0 Å². The third-order valence-electron chi connectivity index (χ3n) is 4.66. The van der Waals surface area contributed by atoms with E-state index in [4.69, 9.17) is 0 Å². The summed E-state index contributed by atoms with van der Waals surface area (Å²) in [5.74, 6) is -0.354. The number of nitrogens with zero attached hydrogens (tertiary/aromatic N) is 3. The van der Waals surface area contributed by atoms with Crippen LogP contribution in [0.5, 0.6) is 0 Å². The fourth-order valence-corrected chi connectivity index (χ4v) is 3.32. The van der Waals surface area contributed by atoms with Crippen LogP contribution in [0.4, 0.5) is 0 Å². The van der Waals surface area contributed by atoms with Gasteiger partial charge in [-0.15, -0.1) is 0 Å². The molecule has 1 N–H and O–H groups in total. The molecule has 1 atom stereocenters. The molecule has 0 aliphatic carbocycles. The Balaban J connectivity index is 1.79. The number of aromatic nitrogens is 2. The van der Waals surface area contributed by atoms with E-state index in [9.17, 15) is 9.90 Å². The van der Waals surface area contributed by atoms with Crippen molar-refractivity contribution in [3.8, 4) is 11.3 Å². The molecule has 1 saturated heterocycles. The van der Waals surface area contributed by atoms with Gasteiger partial charge in [0.15, 0.2) is 0 Å². The maximum Gasteiger partial charge on any atom is 0.336 e. The summed E-state index contributed by atoms with van der Waals surface area (Å²) in [6.07, 6.45) is 5.50. The van der Waals surface area contributed by atoms with Crippen molar-refractivity contribution in [1.29, 1.82) is 0 Å². The molecule has 0 bridgehead atoms. The van der Waals surface area contributed by atoms with Crippen molar-refractivity contribution in [3.63, 3.8) is 0 Å². The highest BCUT2D eigenvalue weighted by Gasteiger charge is 2.24. The maximum absolute atomic E-state index is 11.4. The number of carboxylic acid groups (broad SMARTS) is 1. The van der Waals surface area contributed by atoms with Gasteiger partial charge in [-0.25, -0.2) is 9.78 Å². The van der Waals surface area contributed by atoms with Gasteiger partial charge in [-0.2, -0.15) is 0 Å². The molecule has 5 heteroatoms. The molecule has 1 aliphatic rings. The molecule has 0 amide bonds. The lowest BCUT2D eigenvalue weighted by molar-refractivity contribution is 0.0697. The summed E-state index contributed by atoms with van der Waals surface area (Å²) in [4.78, 5) is 22.9. The highest BCUT2D eigenvalue weighted by molar-refractivity contribution is 5.95. The van der Waals surface area contributed by atoms with Crippen LogP contribution in [0.25, 0.3) is 11.3 Å². The largest absolute Gasteiger partial charge is 0.478 e. The summed E-state index contributed by atoms with van der Waals surface area (Å²) in [6.45, 7) is 6.68. The Morgan fingerprint density at radius 3 is 2.83 bits per heavy atom. The van der Waals surface area contributed by atoms with E-state index in [1.54, 1.807) is 30.6 Å². The lowest BCUT2D eigenvalue weighted by atomic mass is 10.0. The van der Waals surface area contributed by atoms with Gasteiger partial charge in [0.1, 0.15) is 0 Å². The van der Waals surface area contributed by atoms with Crippen molar-refractivity contribution in [3.05, 3.63) is 47.9 Å². The van der Waals surface area contributed by atoms with Gasteiger partial charge < -0.3 is 10.0 Å². The molecule has 1 aromatic carbocycles. The van der Waals surface area contributed by atoms with E-state index in [1.165, 1.54) is 6.42 Å². The average Bonchev–Trinajstić information content (AvgIpc) is 3.04. The first-order valence-corrected chi connectivity index (χ1v) is 8.42. The smallest absolute Gasteiger partial charge is 0.336 e. The summed E-state index contributed by atoms with van der Waals surface area (Å²) in [6, 6.07) is 7.52. The second-order valence-corrected chi connectivity index (χ2v) is 6.69. The van der Waals surface area contributed by atoms with Crippen LogP contribution < -0.4 is 0 Å². The van der Waals surface area contributed by atoms with Crippen LogP contribution in [0, 0.1) is 5.92 Å². The summed E-state index contributed by atoms with van der Waals surface area (Å²) in [5.41, 5.74) is 2.44. The van der Waals surface area contributed by atoms with E-state index in [2.05, 4.69) is 28.7 Å². The van der Waals surface area contributed by atoms with Crippen molar-refractivity contribution in [2.45, 2.75) is 32.7 Å². The van der Waals surface area contributed by atoms with Gasteiger partial charge in [0.05, 0.1) is 23.1 Å². The Morgan fingerprint density at radius 2 is 2.12 bits per heavy atom. The van der Waals surface area contributed by atoms with E-state index in [0.717, 1.165) is 25.2 Å². The number of hydrogen-bond donors (Lipinski definition) is 1. The summed E-state index contributed by atoms with van der Waals surface area (Å²) in [5, 5.41) is 9.35. The second kappa shape index (κ2) is 7.09. The Morgan fingerprint density at radius 1 is 1.33 bits per heavy atom. The first kappa shape index (κ1) is 16.6. The van der Waals surface area contributed by atoms with E-state index < -0.39 is 5.97 Å². The fraction of sp³-hybridized carbons (Fsp3) is 0.421. The van der Waals surface area contributed by atoms with Gasteiger partial charge in [-0.1, -0.05) is 18.2 Å². The number of rotatable bonds is 5. The van der Waals surface area contributed by atoms with Crippen molar-refractivity contribution in [2.24, 2.45) is 5.92 Å². The second-order valence-electron chi connectivity index (χ2n) is 6.69. The molecule has 0 radical (unpaired) electrons. The predicted octanol–water partition coefficient (Wildman–Crippen LogP) is 3.11. The molecule has 0 saturated carbocycles. The van der Waals surface area contributed by atoms with Crippen molar-refractivity contribution in [2.75, 3.05) is 13.1 Å². The van der Waals surface area contributed by atoms with E-state index >= 15 is 0 Å². The molecule has 2 heterocycles. The van der Waals surface area contributed by atoms with Crippen LogP contribution in [0.3, 0.4) is 0 Å². The zero-order valence-electron chi connectivity index (χ0n) is 14.1. The van der Waals surface area contributed by atoms with Gasteiger partial charge in [0.25, 0.3) is 0 Å². The van der Waals surface area contributed by atoms with Crippen LogP contribution in [0.1, 0.15) is 36.3 Å². The maximum atomic E-state index is 11.4. The minimum atomic E-state index is -0.943. The highest BCUT2D eigenvalue weighted by atomic mass is 16.4. The Labute approximate surface area is 142 Å². The molecule has 0 unspecified atom stereocenters. The molecular weight excluding hydrogens is 302 g/mol. The molecule has 1 aromatic heterocycles. The third kappa shape index (κ3) is 3.62. The van der Waals surface area contributed by atoms with Crippen LogP contribution >= 0.6 is 0 Å². The normalized spacial score (nSPS) is 18.2. The molecule has 2 aromatic rings. The van der Waals surface area contributed by atoms with Crippen molar-refractivity contribution >= 4 is 5.97 Å². The van der Waals surface area contributed by atoms with Crippen molar-refractivity contribution < 1.29 is 9.90 Å². The standard InChI is InChI=1S/C19H23N3O2/c1-13(2)22-8-7-14(12-22)9-15-10-20-11-18(21-15)16-5-3-4-6-17(16)19(23)24/h3-6,10-11,13-14H,7-9,12H2,1-2H3,(H,23,24)/t14-/m0/s1. The molecule has 24 heavy (non-hydrogen) atoms. The van der Waals surface area contributed by atoms with Crippen LogP contribution in [-0.4, -0.2) is 45.1 Å². The summed E-state index contributed by atoms with van der Waals surface area (Å²) in [7, 11) is 0. The number of carbonyl (C=O) groups is 1. The Kier molecular flexibility index (Phi) is 4.90. The fourth-order valence-electron chi connectivity index (χ4n) is 3.32. The molecular formula is C19H23N3O2. The van der Waals surface area contributed by atoms with E-state index in [0.29, 0.717) is 23.2 Å². The van der Waals surface area contributed by atoms with Gasteiger partial charge in [-0.05, 0) is 45.2 Å². The SMILES string of the molecule is CC(C)N1CC[C@@H](Cc2cncc(-c3ccccc3C(=O)O)n2)C1. The Hall–Kier alpha value is -2.27. The van der Waals surface area contributed by atoms with Gasteiger partial charge >= 0.3 is 5.97 Å². The lowest BCUT2D eigenvalue weighted by Crippen LogP contribution is -2.28. The minimum absolute atomic E-state index is 0.260. The molecule has 126 valence electrons. The lowest BCUT2D eigenvalue weighted by Gasteiger charge is -2.20. The first-order chi connectivity index (χ1) is 11.5. The van der Waals surface area contributed by atoms with Crippen LogP contribution in [-0.2, 0) is 6.42 Å². The number of hydrogen-bond acceptors (Lipinski definition) is 4. The first-order valence-electron chi connectivity index (χ1n) is 8.42. The zero-order valence-corrected chi connectivity index (χ0v) is 14.1. The van der Waals surface area contributed by atoms with Crippen LogP contribution in [0.15, 0.2) is 36.7 Å². The molecule has 1 aliphatic heterocycles. The van der Waals surface area contributed by atoms with Gasteiger partial charge in [-0.3, -0.25) is 4.98 Å². The highest BCUT2D eigenvalue weighted by Crippen LogP contribution is 2.24. The van der Waals surface area contributed by atoms with Gasteiger partial charge in [0, 0.05) is 24.3 Å². The molecule has 5 nitrogen and oxygen atoms in total. The summed E-state index contributed by atoms with van der Waals surface area (Å²) >= 11 is 0. The van der Waals surface area contributed by atoms with E-state index in [1.807, 2.05) is 6.07 Å². The van der Waals surface area contributed by atoms with Crippen molar-refractivity contribution in [1.82, 2.24) is 14.9 Å². The molecule has 3 rings (SSSR count). The number of aromatic carboxylic acids is 1. The number of likely N-dealkylation sites (tertiary alicyclic amines) is 1. The molecule has 0 spiro atoms. The number of carboxylic acids is 1. The predicted molar refractivity (Wildman–Crippen MR) is 92.9 cm³/mol. The quantitative estimate of drug-likeness (QED) is 0.915.